The van der Waals surface area contributed by atoms with Gasteiger partial charge in [-0.2, -0.15) is 12.6 Å². The molecule has 0 saturated heterocycles. The average molecular weight is 156 g/mol. The second kappa shape index (κ2) is 1.88. The first-order valence-corrected chi connectivity index (χ1v) is 3.64. The molecule has 0 spiro atoms. The third-order valence-electron chi connectivity index (χ3n) is 1.67. The number of hydrogen-bond donors (Lipinski definition) is 2. The van der Waals surface area contributed by atoms with Crippen LogP contribution in [0.4, 0.5) is 5.95 Å². The zero-order valence-corrected chi connectivity index (χ0v) is 6.25. The molecule has 1 aromatic rings. The summed E-state index contributed by atoms with van der Waals surface area (Å²) >= 11 is 4.31. The van der Waals surface area contributed by atoms with Gasteiger partial charge in [0.1, 0.15) is 5.82 Å². The summed E-state index contributed by atoms with van der Waals surface area (Å²) in [5.41, 5.74) is 5.51. The molecule has 2 heterocycles. The monoisotopic (exact) mass is 156 g/mol. The highest BCUT2D eigenvalue weighted by Crippen LogP contribution is 2.19. The molecule has 5 heteroatoms. The Labute approximate surface area is 63.8 Å². The lowest BCUT2D eigenvalue weighted by Gasteiger charge is -1.97. The number of hydrogen-bond acceptors (Lipinski definition) is 4. The molecular weight excluding hydrogens is 148 g/mol. The molecule has 0 bridgehead atoms. The van der Waals surface area contributed by atoms with Gasteiger partial charge in [0, 0.05) is 18.2 Å². The molecule has 54 valence electrons. The fourth-order valence-corrected chi connectivity index (χ4v) is 1.51. The van der Waals surface area contributed by atoms with Crippen LogP contribution in [-0.2, 0) is 13.0 Å². The number of aromatic nitrogens is 3. The largest absolute Gasteiger partial charge is 0.368 e. The van der Waals surface area contributed by atoms with Crippen molar-refractivity contribution >= 4 is 18.6 Å². The van der Waals surface area contributed by atoms with E-state index in [9.17, 15) is 0 Å². The predicted octanol–water partition coefficient (Wildman–Crippen LogP) is -0.285. The number of nitrogens with zero attached hydrogens (tertiary/aromatic N) is 3. The highest BCUT2D eigenvalue weighted by atomic mass is 32.1. The van der Waals surface area contributed by atoms with E-state index in [0.29, 0.717) is 11.2 Å². The summed E-state index contributed by atoms with van der Waals surface area (Å²) < 4.78 is 1.90. The van der Waals surface area contributed by atoms with Crippen molar-refractivity contribution in [3.8, 4) is 0 Å². The van der Waals surface area contributed by atoms with Crippen LogP contribution in [0.2, 0.25) is 0 Å². The normalized spacial score (nSPS) is 23.1. The second-order valence-electron chi connectivity index (χ2n) is 2.44. The first-order valence-electron chi connectivity index (χ1n) is 3.13. The number of nitrogens with two attached hydrogens (primary N) is 1. The van der Waals surface area contributed by atoms with E-state index < -0.39 is 0 Å². The lowest BCUT2D eigenvalue weighted by molar-refractivity contribution is 0.768. The van der Waals surface area contributed by atoms with E-state index in [4.69, 9.17) is 5.73 Å². The molecule has 1 unspecified atom stereocenters. The molecule has 2 rings (SSSR count). The molecule has 0 saturated carbocycles. The van der Waals surface area contributed by atoms with E-state index in [1.54, 1.807) is 0 Å². The van der Waals surface area contributed by atoms with Crippen LogP contribution in [0.3, 0.4) is 0 Å². The van der Waals surface area contributed by atoms with Gasteiger partial charge in [0.15, 0.2) is 0 Å². The van der Waals surface area contributed by atoms with Crippen LogP contribution in [0.1, 0.15) is 5.82 Å². The Bertz CT molecular complexity index is 256. The fourth-order valence-electron chi connectivity index (χ4n) is 1.19. The van der Waals surface area contributed by atoms with E-state index in [-0.39, 0.29) is 0 Å². The van der Waals surface area contributed by atoms with Crippen molar-refractivity contribution in [1.29, 1.82) is 0 Å². The molecule has 0 aromatic carbocycles. The van der Waals surface area contributed by atoms with Crippen molar-refractivity contribution in [1.82, 2.24) is 14.8 Å². The standard InChI is InChI=1S/C5H8N4S/c6-5-8-7-4-1-3(10)2-9(4)5/h3,10H,1-2H2,(H2,6,8). The van der Waals surface area contributed by atoms with Crippen LogP contribution in [-0.4, -0.2) is 20.0 Å². The van der Waals surface area contributed by atoms with Gasteiger partial charge in [0.25, 0.3) is 0 Å². The fraction of sp³-hybridized carbons (Fsp3) is 0.600. The first kappa shape index (κ1) is 6.03. The summed E-state index contributed by atoms with van der Waals surface area (Å²) in [6.07, 6.45) is 0.882. The Morgan fingerprint density at radius 1 is 1.60 bits per heavy atom. The molecule has 0 radical (unpaired) electrons. The highest BCUT2D eigenvalue weighted by Gasteiger charge is 2.21. The predicted molar refractivity (Wildman–Crippen MR) is 40.9 cm³/mol. The van der Waals surface area contributed by atoms with Crippen molar-refractivity contribution in [3.05, 3.63) is 5.82 Å². The van der Waals surface area contributed by atoms with Crippen LogP contribution in [0.15, 0.2) is 0 Å². The van der Waals surface area contributed by atoms with E-state index in [0.717, 1.165) is 18.8 Å². The van der Waals surface area contributed by atoms with Crippen molar-refractivity contribution in [2.45, 2.75) is 18.2 Å². The maximum atomic E-state index is 5.51. The first-order chi connectivity index (χ1) is 4.77. The summed E-state index contributed by atoms with van der Waals surface area (Å²) in [5, 5.41) is 7.98. The quantitative estimate of drug-likeness (QED) is 0.508. The van der Waals surface area contributed by atoms with Gasteiger partial charge in [0.2, 0.25) is 5.95 Å². The number of rotatable bonds is 0. The summed E-state index contributed by atoms with van der Waals surface area (Å²) in [7, 11) is 0. The van der Waals surface area contributed by atoms with Crippen molar-refractivity contribution in [3.63, 3.8) is 0 Å². The zero-order valence-electron chi connectivity index (χ0n) is 5.36. The number of anilines is 1. The van der Waals surface area contributed by atoms with Crippen molar-refractivity contribution in [2.75, 3.05) is 5.73 Å². The smallest absolute Gasteiger partial charge is 0.222 e. The summed E-state index contributed by atoms with van der Waals surface area (Å²) in [6, 6.07) is 0. The van der Waals surface area contributed by atoms with E-state index in [2.05, 4.69) is 22.8 Å². The van der Waals surface area contributed by atoms with Gasteiger partial charge in [-0.25, -0.2) is 0 Å². The number of fused-ring (bicyclic) bond motifs is 1. The van der Waals surface area contributed by atoms with Gasteiger partial charge < -0.3 is 5.73 Å². The molecule has 10 heavy (non-hydrogen) atoms. The van der Waals surface area contributed by atoms with Crippen LogP contribution in [0.5, 0.6) is 0 Å². The molecular formula is C5H8N4S. The average Bonchev–Trinajstić information content (AvgIpc) is 2.35. The third-order valence-corrected chi connectivity index (χ3v) is 2.01. The van der Waals surface area contributed by atoms with Crippen LogP contribution < -0.4 is 5.73 Å². The zero-order chi connectivity index (χ0) is 7.14. The van der Waals surface area contributed by atoms with Gasteiger partial charge in [-0.05, 0) is 0 Å². The lowest BCUT2D eigenvalue weighted by atomic mass is 10.3. The molecule has 0 fully saturated rings. The van der Waals surface area contributed by atoms with Gasteiger partial charge in [-0.3, -0.25) is 4.57 Å². The number of thiol groups is 1. The molecule has 4 nitrogen and oxygen atoms in total. The Hall–Kier alpha value is -0.710. The van der Waals surface area contributed by atoms with E-state index in [1.807, 2.05) is 4.57 Å². The minimum Gasteiger partial charge on any atom is -0.368 e. The summed E-state index contributed by atoms with van der Waals surface area (Å²) in [4.78, 5) is 0. The van der Waals surface area contributed by atoms with Gasteiger partial charge in [-0.15, -0.1) is 10.2 Å². The molecule has 0 amide bonds. The molecule has 1 aromatic heterocycles. The lowest BCUT2D eigenvalue weighted by Crippen LogP contribution is -2.04. The minimum absolute atomic E-state index is 0.368. The molecule has 0 aliphatic carbocycles. The summed E-state index contributed by atoms with van der Waals surface area (Å²) in [6.45, 7) is 0.845. The minimum atomic E-state index is 0.368. The van der Waals surface area contributed by atoms with Gasteiger partial charge >= 0.3 is 0 Å². The van der Waals surface area contributed by atoms with E-state index in [1.165, 1.54) is 0 Å². The Morgan fingerprint density at radius 2 is 2.40 bits per heavy atom. The third kappa shape index (κ3) is 0.701. The maximum Gasteiger partial charge on any atom is 0.222 e. The van der Waals surface area contributed by atoms with Crippen molar-refractivity contribution < 1.29 is 0 Å². The Kier molecular flexibility index (Phi) is 1.14. The van der Waals surface area contributed by atoms with Crippen LogP contribution in [0.25, 0.3) is 0 Å². The SMILES string of the molecule is Nc1nnc2n1CC(S)C2. The summed E-state index contributed by atoms with van der Waals surface area (Å²) in [5.74, 6) is 1.46. The topological polar surface area (TPSA) is 56.7 Å². The van der Waals surface area contributed by atoms with Gasteiger partial charge in [-0.1, -0.05) is 0 Å². The van der Waals surface area contributed by atoms with E-state index >= 15 is 0 Å². The van der Waals surface area contributed by atoms with Crippen LogP contribution in [0, 0.1) is 0 Å². The molecule has 1 aliphatic rings. The van der Waals surface area contributed by atoms with Crippen molar-refractivity contribution in [2.24, 2.45) is 0 Å². The number of nitrogen functional groups attached to an aromatic ring is 1. The molecule has 2 N–H and O–H groups in total. The molecule has 1 atom stereocenters. The molecule has 1 aliphatic heterocycles. The second-order valence-corrected chi connectivity index (χ2v) is 3.17. The highest BCUT2D eigenvalue weighted by molar-refractivity contribution is 7.80. The van der Waals surface area contributed by atoms with Crippen LogP contribution >= 0.6 is 12.6 Å². The Morgan fingerprint density at radius 3 is 3.10 bits per heavy atom. The maximum absolute atomic E-state index is 5.51. The Balaban J connectivity index is 2.44. The van der Waals surface area contributed by atoms with Gasteiger partial charge in [0.05, 0.1) is 0 Å².